The zero-order valence-corrected chi connectivity index (χ0v) is 10.0. The van der Waals surface area contributed by atoms with Crippen LogP contribution >= 0.6 is 0 Å². The second-order valence-electron chi connectivity index (χ2n) is 4.22. The van der Waals surface area contributed by atoms with Gasteiger partial charge < -0.3 is 5.32 Å². The first-order valence-corrected chi connectivity index (χ1v) is 5.65. The lowest BCUT2D eigenvalue weighted by Gasteiger charge is -2.13. The van der Waals surface area contributed by atoms with E-state index in [4.69, 9.17) is 0 Å². The molecule has 17 heavy (non-hydrogen) atoms. The zero-order chi connectivity index (χ0) is 12.3. The van der Waals surface area contributed by atoms with E-state index in [0.29, 0.717) is 6.42 Å². The molecule has 2 aromatic rings. The number of aromatic nitrogens is 2. The third-order valence-corrected chi connectivity index (χ3v) is 2.59. The average molecular weight is 233 g/mol. The Hall–Kier alpha value is -1.84. The van der Waals surface area contributed by atoms with Crippen molar-refractivity contribution in [2.24, 2.45) is 7.05 Å². The molecule has 1 atom stereocenters. The summed E-state index contributed by atoms with van der Waals surface area (Å²) in [6, 6.07) is 8.90. The predicted molar refractivity (Wildman–Crippen MR) is 66.4 cm³/mol. The molecule has 1 N–H and O–H groups in total. The smallest absolute Gasteiger partial charge is 0.148 e. The normalized spacial score (nSPS) is 12.4. The molecule has 0 fully saturated rings. The van der Waals surface area contributed by atoms with Gasteiger partial charge in [0.2, 0.25) is 0 Å². The topological polar surface area (TPSA) is 29.9 Å². The number of hydrogen-bond acceptors (Lipinski definition) is 2. The lowest BCUT2D eigenvalue weighted by atomic mass is 10.1. The van der Waals surface area contributed by atoms with Crippen molar-refractivity contribution in [3.8, 4) is 0 Å². The highest BCUT2D eigenvalue weighted by Crippen LogP contribution is 2.11. The Balaban J connectivity index is 1.98. The van der Waals surface area contributed by atoms with Crippen LogP contribution in [0.25, 0.3) is 0 Å². The van der Waals surface area contributed by atoms with Gasteiger partial charge in [0.1, 0.15) is 11.6 Å². The third-order valence-electron chi connectivity index (χ3n) is 2.59. The average Bonchev–Trinajstić information content (AvgIpc) is 2.67. The molecule has 4 heteroatoms. The van der Waals surface area contributed by atoms with E-state index in [2.05, 4.69) is 10.4 Å². The van der Waals surface area contributed by atoms with Crippen LogP contribution in [-0.4, -0.2) is 15.8 Å². The summed E-state index contributed by atoms with van der Waals surface area (Å²) in [6.07, 6.45) is 2.52. The van der Waals surface area contributed by atoms with Crippen molar-refractivity contribution in [3.63, 3.8) is 0 Å². The van der Waals surface area contributed by atoms with E-state index in [1.165, 1.54) is 6.07 Å². The van der Waals surface area contributed by atoms with Crippen molar-refractivity contribution in [3.05, 3.63) is 47.9 Å². The molecule has 0 radical (unpaired) electrons. The highest BCUT2D eigenvalue weighted by atomic mass is 19.1. The van der Waals surface area contributed by atoms with Crippen molar-refractivity contribution < 1.29 is 4.39 Å². The van der Waals surface area contributed by atoms with Crippen LogP contribution in [0.2, 0.25) is 0 Å². The molecule has 3 nitrogen and oxygen atoms in total. The van der Waals surface area contributed by atoms with Gasteiger partial charge in [-0.05, 0) is 25.0 Å². The summed E-state index contributed by atoms with van der Waals surface area (Å²) in [5.41, 5.74) is 0.725. The van der Waals surface area contributed by atoms with Gasteiger partial charge in [-0.25, -0.2) is 4.39 Å². The van der Waals surface area contributed by atoms with Crippen molar-refractivity contribution in [2.45, 2.75) is 19.4 Å². The fourth-order valence-electron chi connectivity index (χ4n) is 1.79. The van der Waals surface area contributed by atoms with Gasteiger partial charge in [0.15, 0.2) is 0 Å². The predicted octanol–water partition coefficient (Wildman–Crippen LogP) is 2.60. The number of benzene rings is 1. The van der Waals surface area contributed by atoms with Crippen molar-refractivity contribution in [1.82, 2.24) is 9.78 Å². The number of nitrogens with one attached hydrogen (secondary N) is 1. The second-order valence-corrected chi connectivity index (χ2v) is 4.22. The maximum Gasteiger partial charge on any atom is 0.148 e. The summed E-state index contributed by atoms with van der Waals surface area (Å²) in [5.74, 6) is 0.665. The third kappa shape index (κ3) is 3.06. The molecule has 90 valence electrons. The van der Waals surface area contributed by atoms with E-state index < -0.39 is 0 Å². The van der Waals surface area contributed by atoms with E-state index in [1.807, 2.05) is 38.4 Å². The minimum atomic E-state index is -0.151. The first kappa shape index (κ1) is 11.6. The Morgan fingerprint density at radius 2 is 2.12 bits per heavy atom. The lowest BCUT2D eigenvalue weighted by molar-refractivity contribution is 0.601. The van der Waals surface area contributed by atoms with Gasteiger partial charge in [-0.2, -0.15) is 5.10 Å². The molecule has 1 heterocycles. The first-order valence-electron chi connectivity index (χ1n) is 5.65. The molecule has 0 aliphatic carbocycles. The number of aryl methyl sites for hydroxylation is 1. The summed E-state index contributed by atoms with van der Waals surface area (Å²) >= 11 is 0. The van der Waals surface area contributed by atoms with Crippen LogP contribution in [-0.2, 0) is 13.5 Å². The van der Waals surface area contributed by atoms with E-state index in [0.717, 1.165) is 11.4 Å². The van der Waals surface area contributed by atoms with Gasteiger partial charge in [-0.15, -0.1) is 0 Å². The molecule has 1 aromatic heterocycles. The Kier molecular flexibility index (Phi) is 3.42. The molecule has 0 bridgehead atoms. The van der Waals surface area contributed by atoms with Crippen LogP contribution in [0.1, 0.15) is 12.5 Å². The molecule has 0 spiro atoms. The largest absolute Gasteiger partial charge is 0.366 e. The number of rotatable bonds is 4. The maximum atomic E-state index is 13.4. The molecule has 0 saturated carbocycles. The van der Waals surface area contributed by atoms with Crippen molar-refractivity contribution >= 4 is 5.82 Å². The standard InChI is InChI=1S/C13H16FN3/c1-10(15-13-7-8-17(2)16-13)9-11-5-3-4-6-12(11)14/h3-8,10H,9H2,1-2H3,(H,15,16). The highest BCUT2D eigenvalue weighted by molar-refractivity contribution is 5.34. The van der Waals surface area contributed by atoms with Gasteiger partial charge in [-0.3, -0.25) is 4.68 Å². The zero-order valence-electron chi connectivity index (χ0n) is 10.0. The summed E-state index contributed by atoms with van der Waals surface area (Å²) in [5, 5.41) is 7.47. The quantitative estimate of drug-likeness (QED) is 0.879. The van der Waals surface area contributed by atoms with E-state index in [9.17, 15) is 4.39 Å². The molecule has 1 aromatic carbocycles. The molecule has 2 rings (SSSR count). The van der Waals surface area contributed by atoms with E-state index >= 15 is 0 Å². The molecule has 0 amide bonds. The van der Waals surface area contributed by atoms with Crippen LogP contribution in [0.5, 0.6) is 0 Å². The Morgan fingerprint density at radius 3 is 2.76 bits per heavy atom. The fraction of sp³-hybridized carbons (Fsp3) is 0.308. The van der Waals surface area contributed by atoms with E-state index in [-0.39, 0.29) is 11.9 Å². The van der Waals surface area contributed by atoms with Crippen LogP contribution < -0.4 is 5.32 Å². The van der Waals surface area contributed by atoms with Crippen LogP contribution in [0, 0.1) is 5.82 Å². The molecule has 0 aliphatic heterocycles. The van der Waals surface area contributed by atoms with Crippen molar-refractivity contribution in [1.29, 1.82) is 0 Å². The lowest BCUT2D eigenvalue weighted by Crippen LogP contribution is -2.19. The Morgan fingerprint density at radius 1 is 1.35 bits per heavy atom. The summed E-state index contributed by atoms with van der Waals surface area (Å²) in [7, 11) is 1.87. The molecule has 0 saturated heterocycles. The van der Waals surface area contributed by atoms with Crippen LogP contribution in [0.4, 0.5) is 10.2 Å². The van der Waals surface area contributed by atoms with Gasteiger partial charge in [0.25, 0.3) is 0 Å². The number of nitrogens with zero attached hydrogens (tertiary/aromatic N) is 2. The first-order chi connectivity index (χ1) is 8.15. The Bertz CT molecular complexity index is 493. The van der Waals surface area contributed by atoms with E-state index in [1.54, 1.807) is 10.7 Å². The molecular weight excluding hydrogens is 217 g/mol. The summed E-state index contributed by atoms with van der Waals surface area (Å²) < 4.78 is 15.2. The molecular formula is C13H16FN3. The summed E-state index contributed by atoms with van der Waals surface area (Å²) in [6.45, 7) is 2.02. The Labute approximate surface area is 100 Å². The second kappa shape index (κ2) is 4.99. The fourth-order valence-corrected chi connectivity index (χ4v) is 1.79. The highest BCUT2D eigenvalue weighted by Gasteiger charge is 2.08. The van der Waals surface area contributed by atoms with Gasteiger partial charge in [0.05, 0.1) is 0 Å². The van der Waals surface area contributed by atoms with Gasteiger partial charge in [0, 0.05) is 25.4 Å². The monoisotopic (exact) mass is 233 g/mol. The number of anilines is 1. The minimum absolute atomic E-state index is 0.141. The van der Waals surface area contributed by atoms with Gasteiger partial charge >= 0.3 is 0 Å². The van der Waals surface area contributed by atoms with Crippen LogP contribution in [0.15, 0.2) is 36.5 Å². The maximum absolute atomic E-state index is 13.4. The summed E-state index contributed by atoms with van der Waals surface area (Å²) in [4.78, 5) is 0. The molecule has 1 unspecified atom stereocenters. The number of hydrogen-bond donors (Lipinski definition) is 1. The van der Waals surface area contributed by atoms with Gasteiger partial charge in [-0.1, -0.05) is 18.2 Å². The van der Waals surface area contributed by atoms with Crippen molar-refractivity contribution in [2.75, 3.05) is 5.32 Å². The minimum Gasteiger partial charge on any atom is -0.366 e. The SMILES string of the molecule is CC(Cc1ccccc1F)Nc1ccn(C)n1. The number of halogens is 1. The van der Waals surface area contributed by atoms with Crippen LogP contribution in [0.3, 0.4) is 0 Å². The molecule has 0 aliphatic rings.